The van der Waals surface area contributed by atoms with Crippen molar-refractivity contribution in [1.82, 2.24) is 0 Å². The van der Waals surface area contributed by atoms with Crippen molar-refractivity contribution in [2.75, 3.05) is 7.11 Å². The molecule has 8 heteroatoms. The van der Waals surface area contributed by atoms with Gasteiger partial charge >= 0.3 is 9.05 Å². The smallest absolute Gasteiger partial charge is 0.349 e. The Labute approximate surface area is 157 Å². The summed E-state index contributed by atoms with van der Waals surface area (Å²) >= 11 is 0. The predicted octanol–water partition coefficient (Wildman–Crippen LogP) is 4.10. The zero-order valence-electron chi connectivity index (χ0n) is 14.5. The van der Waals surface area contributed by atoms with Gasteiger partial charge in [-0.1, -0.05) is 54.6 Å². The van der Waals surface area contributed by atoms with Gasteiger partial charge in [-0.05, 0) is 36.4 Å². The molecule has 0 N–H and O–H groups in total. The second-order valence-corrected chi connectivity index (χ2v) is 7.05. The van der Waals surface area contributed by atoms with Crippen LogP contribution in [0.5, 0.6) is 17.2 Å². The van der Waals surface area contributed by atoms with Gasteiger partial charge < -0.3 is 19.1 Å². The standard InChI is InChI=1S/C19H18O7Si/c1-20-27(24-21-17-11-5-2-6-12-17,25-22-18-13-7-3-8-14-18)26-23-19-15-9-4-10-16-19/h2-16H,1H3. The Balaban J connectivity index is 1.70. The summed E-state index contributed by atoms with van der Waals surface area (Å²) in [6, 6.07) is 26.5. The number of rotatable bonds is 10. The van der Waals surface area contributed by atoms with E-state index in [1.54, 1.807) is 72.8 Å². The van der Waals surface area contributed by atoms with Crippen molar-refractivity contribution in [3.8, 4) is 17.2 Å². The van der Waals surface area contributed by atoms with Gasteiger partial charge in [0.05, 0.1) is 0 Å². The van der Waals surface area contributed by atoms with Crippen molar-refractivity contribution in [3.63, 3.8) is 0 Å². The quantitative estimate of drug-likeness (QED) is 0.295. The fraction of sp³-hybridized carbons (Fsp3) is 0.0526. The summed E-state index contributed by atoms with van der Waals surface area (Å²) in [7, 11) is -2.65. The van der Waals surface area contributed by atoms with Crippen molar-refractivity contribution in [3.05, 3.63) is 91.0 Å². The molecule has 0 amide bonds. The molecule has 0 radical (unpaired) electrons. The molecular formula is C19H18O7Si. The summed E-state index contributed by atoms with van der Waals surface area (Å²) in [5.41, 5.74) is 0. The number of para-hydroxylation sites is 3. The van der Waals surface area contributed by atoms with Crippen LogP contribution in [0, 0.1) is 0 Å². The van der Waals surface area contributed by atoms with Crippen LogP contribution in [0.3, 0.4) is 0 Å². The van der Waals surface area contributed by atoms with Gasteiger partial charge in [-0.15, -0.1) is 13.7 Å². The van der Waals surface area contributed by atoms with Crippen LogP contribution in [0.25, 0.3) is 0 Å². The molecule has 7 nitrogen and oxygen atoms in total. The van der Waals surface area contributed by atoms with Gasteiger partial charge in [0.25, 0.3) is 0 Å². The molecule has 0 aliphatic carbocycles. The SMILES string of the molecule is CO[Si](OOc1ccccc1)(OOc1ccccc1)OOc1ccccc1. The summed E-state index contributed by atoms with van der Waals surface area (Å²) in [6.07, 6.45) is 0. The Hall–Kier alpha value is -2.88. The maximum Gasteiger partial charge on any atom is 0.792 e. The normalized spacial score (nSPS) is 11.0. The molecule has 0 aliphatic rings. The van der Waals surface area contributed by atoms with Gasteiger partial charge in [0.1, 0.15) is 0 Å². The monoisotopic (exact) mass is 386 g/mol. The maximum absolute atomic E-state index is 5.33. The van der Waals surface area contributed by atoms with Crippen molar-refractivity contribution in [2.45, 2.75) is 0 Å². The summed E-state index contributed by atoms with van der Waals surface area (Å²) in [6.45, 7) is 0. The van der Waals surface area contributed by atoms with Crippen LogP contribution in [-0.4, -0.2) is 16.2 Å². The molecule has 3 aromatic rings. The molecule has 0 bridgehead atoms. The molecule has 0 atom stereocenters. The molecule has 0 aromatic heterocycles. The highest BCUT2D eigenvalue weighted by Crippen LogP contribution is 2.20. The second-order valence-electron chi connectivity index (χ2n) is 5.14. The fourth-order valence-corrected chi connectivity index (χ4v) is 2.75. The van der Waals surface area contributed by atoms with E-state index >= 15 is 0 Å². The first-order valence-corrected chi connectivity index (χ1v) is 9.70. The highest BCUT2D eigenvalue weighted by Gasteiger charge is 2.54. The number of benzene rings is 3. The topological polar surface area (TPSA) is 64.6 Å². The number of hydrogen-bond donors (Lipinski definition) is 0. The van der Waals surface area contributed by atoms with E-state index in [4.69, 9.17) is 32.8 Å². The first kappa shape index (κ1) is 18.9. The lowest BCUT2D eigenvalue weighted by molar-refractivity contribution is -0.312. The van der Waals surface area contributed by atoms with Gasteiger partial charge in [0.2, 0.25) is 0 Å². The Morgan fingerprint density at radius 2 is 0.778 bits per heavy atom. The molecule has 0 saturated heterocycles. The van der Waals surface area contributed by atoms with Crippen LogP contribution in [0.2, 0.25) is 0 Å². The lowest BCUT2D eigenvalue weighted by Gasteiger charge is -2.22. The molecule has 3 rings (SSSR count). The van der Waals surface area contributed by atoms with Crippen molar-refractivity contribution < 1.29 is 32.8 Å². The summed E-state index contributed by atoms with van der Waals surface area (Å²) < 4.78 is 21.3. The van der Waals surface area contributed by atoms with Gasteiger partial charge in [0, 0.05) is 7.11 Å². The van der Waals surface area contributed by atoms with Crippen LogP contribution in [0.4, 0.5) is 0 Å². The molecule has 0 aliphatic heterocycles. The molecule has 0 spiro atoms. The summed E-state index contributed by atoms with van der Waals surface area (Å²) in [4.78, 5) is 15.8. The second kappa shape index (κ2) is 9.71. The fourth-order valence-electron chi connectivity index (χ4n) is 1.87. The minimum Gasteiger partial charge on any atom is -0.349 e. The van der Waals surface area contributed by atoms with Crippen molar-refractivity contribution >= 4 is 9.05 Å². The molecule has 0 heterocycles. The lowest BCUT2D eigenvalue weighted by atomic mass is 10.3. The van der Waals surface area contributed by atoms with Gasteiger partial charge in [-0.2, -0.15) is 0 Å². The molecule has 0 saturated carbocycles. The van der Waals surface area contributed by atoms with E-state index in [0.29, 0.717) is 17.2 Å². The van der Waals surface area contributed by atoms with E-state index in [1.165, 1.54) is 7.11 Å². The van der Waals surface area contributed by atoms with Gasteiger partial charge in [-0.25, -0.2) is 0 Å². The summed E-state index contributed by atoms with van der Waals surface area (Å²) in [5, 5.41) is 0. The average Bonchev–Trinajstić information content (AvgIpc) is 2.76. The molecule has 140 valence electrons. The zero-order valence-corrected chi connectivity index (χ0v) is 15.5. The van der Waals surface area contributed by atoms with Gasteiger partial charge in [-0.3, -0.25) is 0 Å². The molecule has 27 heavy (non-hydrogen) atoms. The van der Waals surface area contributed by atoms with Crippen molar-refractivity contribution in [2.24, 2.45) is 0 Å². The van der Waals surface area contributed by atoms with E-state index in [2.05, 4.69) is 0 Å². The molecule has 0 unspecified atom stereocenters. The first-order valence-electron chi connectivity index (χ1n) is 8.07. The molecule has 3 aromatic carbocycles. The third kappa shape index (κ3) is 5.81. The van der Waals surface area contributed by atoms with E-state index in [9.17, 15) is 0 Å². The van der Waals surface area contributed by atoms with Crippen LogP contribution < -0.4 is 14.7 Å². The third-order valence-corrected chi connectivity index (χ3v) is 4.56. The predicted molar refractivity (Wildman–Crippen MR) is 97.2 cm³/mol. The summed E-state index contributed by atoms with van der Waals surface area (Å²) in [5.74, 6) is 1.29. The van der Waals surface area contributed by atoms with Crippen LogP contribution in [0.15, 0.2) is 91.0 Å². The minimum atomic E-state index is -3.98. The maximum atomic E-state index is 5.33. The Morgan fingerprint density at radius 1 is 0.481 bits per heavy atom. The Morgan fingerprint density at radius 3 is 1.04 bits per heavy atom. The van der Waals surface area contributed by atoms with Gasteiger partial charge in [0.15, 0.2) is 17.2 Å². The van der Waals surface area contributed by atoms with Crippen molar-refractivity contribution in [1.29, 1.82) is 0 Å². The van der Waals surface area contributed by atoms with E-state index in [-0.39, 0.29) is 0 Å². The van der Waals surface area contributed by atoms with Crippen LogP contribution >= 0.6 is 0 Å². The minimum absolute atomic E-state index is 0.429. The van der Waals surface area contributed by atoms with Crippen LogP contribution in [0.1, 0.15) is 0 Å². The highest BCUT2D eigenvalue weighted by molar-refractivity contribution is 6.52. The number of hydrogen-bond acceptors (Lipinski definition) is 7. The van der Waals surface area contributed by atoms with E-state index in [1.807, 2.05) is 18.2 Å². The zero-order chi connectivity index (χ0) is 18.8. The Bertz CT molecular complexity index is 681. The van der Waals surface area contributed by atoms with Crippen LogP contribution in [-0.2, 0) is 18.2 Å². The molecular weight excluding hydrogens is 368 g/mol. The lowest BCUT2D eigenvalue weighted by Crippen LogP contribution is -2.51. The highest BCUT2D eigenvalue weighted by atomic mass is 28.4. The third-order valence-electron chi connectivity index (χ3n) is 3.20. The largest absolute Gasteiger partial charge is 0.792 e. The Kier molecular flexibility index (Phi) is 6.80. The first-order chi connectivity index (χ1) is 13.3. The van der Waals surface area contributed by atoms with E-state index < -0.39 is 9.05 Å². The van der Waals surface area contributed by atoms with E-state index in [0.717, 1.165) is 0 Å². The molecule has 0 fully saturated rings. The average molecular weight is 386 g/mol.